The first-order valence-corrected chi connectivity index (χ1v) is 10.7. The van der Waals surface area contributed by atoms with Crippen LogP contribution in [-0.2, 0) is 27.8 Å². The molecule has 2 aromatic carbocycles. The monoisotopic (exact) mass is 402 g/mol. The molecule has 30 heavy (non-hydrogen) atoms. The van der Waals surface area contributed by atoms with Crippen LogP contribution in [0.3, 0.4) is 0 Å². The largest absolute Gasteiger partial charge is 0.480 e. The summed E-state index contributed by atoms with van der Waals surface area (Å²) in [7, 11) is 0. The molecule has 2 aliphatic heterocycles. The number of piperidine rings is 1. The van der Waals surface area contributed by atoms with Gasteiger partial charge >= 0.3 is 5.97 Å². The standard InChI is InChI=1S/C25H26N2O3/c28-23(27-21-7-2-1-4-18(21)16-22(27)24(29)30)9-8-17-5-3-6-20-19(17)10-11-25(20)12-14-26-15-13-25/h1-7,10-11,22,26H,8-9,12-16H2,(H,29,30). The molecule has 1 amide bonds. The summed E-state index contributed by atoms with van der Waals surface area (Å²) in [6.45, 7) is 2.05. The maximum Gasteiger partial charge on any atom is 0.327 e. The quantitative estimate of drug-likeness (QED) is 0.823. The maximum absolute atomic E-state index is 13.1. The highest BCUT2D eigenvalue weighted by atomic mass is 16.4. The van der Waals surface area contributed by atoms with E-state index in [1.54, 1.807) is 0 Å². The number of benzene rings is 2. The van der Waals surface area contributed by atoms with Gasteiger partial charge in [-0.25, -0.2) is 4.79 Å². The van der Waals surface area contributed by atoms with E-state index in [0.717, 1.165) is 37.2 Å². The summed E-state index contributed by atoms with van der Waals surface area (Å²) >= 11 is 0. The second-order valence-corrected chi connectivity index (χ2v) is 8.57. The number of hydrogen-bond donors (Lipinski definition) is 2. The van der Waals surface area contributed by atoms with Crippen LogP contribution in [0.1, 0.15) is 41.5 Å². The predicted molar refractivity (Wildman–Crippen MR) is 117 cm³/mol. The fourth-order valence-corrected chi connectivity index (χ4v) is 5.36. The van der Waals surface area contributed by atoms with Crippen molar-refractivity contribution in [2.75, 3.05) is 18.0 Å². The number of carbonyl (C=O) groups is 2. The zero-order chi connectivity index (χ0) is 20.7. The van der Waals surface area contributed by atoms with E-state index in [-0.39, 0.29) is 11.3 Å². The van der Waals surface area contributed by atoms with Crippen LogP contribution >= 0.6 is 0 Å². The molecule has 2 heterocycles. The molecule has 5 heteroatoms. The number of carboxylic acids is 1. The number of nitrogens with one attached hydrogen (secondary N) is 1. The number of para-hydroxylation sites is 1. The summed E-state index contributed by atoms with van der Waals surface area (Å²) in [4.78, 5) is 26.4. The first kappa shape index (κ1) is 19.1. The van der Waals surface area contributed by atoms with E-state index < -0.39 is 12.0 Å². The van der Waals surface area contributed by atoms with E-state index >= 15 is 0 Å². The summed E-state index contributed by atoms with van der Waals surface area (Å²) in [6.07, 6.45) is 8.07. The number of anilines is 1. The molecule has 5 rings (SSSR count). The average Bonchev–Trinajstić information content (AvgIpc) is 3.32. The van der Waals surface area contributed by atoms with Crippen molar-refractivity contribution in [2.45, 2.75) is 43.6 Å². The molecule has 1 spiro atoms. The second-order valence-electron chi connectivity index (χ2n) is 8.57. The Balaban J connectivity index is 1.37. The van der Waals surface area contributed by atoms with Crippen molar-refractivity contribution in [3.8, 4) is 0 Å². The lowest BCUT2D eigenvalue weighted by Crippen LogP contribution is -2.43. The highest BCUT2D eigenvalue weighted by Gasteiger charge is 2.39. The molecule has 1 fully saturated rings. The molecule has 1 saturated heterocycles. The van der Waals surface area contributed by atoms with Crippen molar-refractivity contribution in [3.05, 3.63) is 70.8 Å². The SMILES string of the molecule is O=C(O)C1Cc2ccccc2N1C(=O)CCc1cccc2c1C=CC21CCNCC1. The molecule has 1 unspecified atom stereocenters. The Bertz CT molecular complexity index is 1040. The van der Waals surface area contributed by atoms with Gasteiger partial charge in [0.2, 0.25) is 5.91 Å². The van der Waals surface area contributed by atoms with Gasteiger partial charge in [0.15, 0.2) is 0 Å². The summed E-state index contributed by atoms with van der Waals surface area (Å²) in [5.41, 5.74) is 5.60. The Morgan fingerprint density at radius 2 is 1.90 bits per heavy atom. The number of nitrogens with zero attached hydrogens (tertiary/aromatic N) is 1. The van der Waals surface area contributed by atoms with Crippen molar-refractivity contribution in [3.63, 3.8) is 0 Å². The van der Waals surface area contributed by atoms with Crippen LogP contribution in [0.25, 0.3) is 6.08 Å². The summed E-state index contributed by atoms with van der Waals surface area (Å²) < 4.78 is 0. The molecule has 0 bridgehead atoms. The smallest absolute Gasteiger partial charge is 0.327 e. The van der Waals surface area contributed by atoms with E-state index in [1.807, 2.05) is 24.3 Å². The van der Waals surface area contributed by atoms with Gasteiger partial charge in [0.1, 0.15) is 6.04 Å². The average molecular weight is 402 g/mol. The lowest BCUT2D eigenvalue weighted by Gasteiger charge is -2.34. The number of carboxylic acid groups (broad SMARTS) is 1. The first-order valence-electron chi connectivity index (χ1n) is 10.7. The fraction of sp³-hybridized carbons (Fsp3) is 0.360. The number of hydrogen-bond acceptors (Lipinski definition) is 3. The van der Waals surface area contributed by atoms with Gasteiger partial charge in [-0.05, 0) is 60.7 Å². The van der Waals surface area contributed by atoms with Crippen molar-refractivity contribution >= 4 is 23.6 Å². The van der Waals surface area contributed by atoms with E-state index in [1.165, 1.54) is 21.6 Å². The number of rotatable bonds is 4. The van der Waals surface area contributed by atoms with Crippen LogP contribution in [0, 0.1) is 0 Å². The maximum atomic E-state index is 13.1. The zero-order valence-corrected chi connectivity index (χ0v) is 16.9. The molecule has 2 aromatic rings. The van der Waals surface area contributed by atoms with Crippen molar-refractivity contribution in [1.82, 2.24) is 5.32 Å². The number of carbonyl (C=O) groups excluding carboxylic acids is 1. The molecule has 5 nitrogen and oxygen atoms in total. The molecule has 3 aliphatic rings. The third-order valence-corrected chi connectivity index (χ3v) is 6.94. The van der Waals surface area contributed by atoms with Crippen LogP contribution < -0.4 is 10.2 Å². The topological polar surface area (TPSA) is 69.6 Å². The zero-order valence-electron chi connectivity index (χ0n) is 16.9. The summed E-state index contributed by atoms with van der Waals surface area (Å²) in [5.74, 6) is -1.07. The van der Waals surface area contributed by atoms with E-state index in [0.29, 0.717) is 19.3 Å². The lowest BCUT2D eigenvalue weighted by molar-refractivity contribution is -0.139. The van der Waals surface area contributed by atoms with Crippen LogP contribution in [0.15, 0.2) is 48.5 Å². The molecule has 0 saturated carbocycles. The molecular weight excluding hydrogens is 376 g/mol. The van der Waals surface area contributed by atoms with Gasteiger partial charge in [0.25, 0.3) is 0 Å². The fourth-order valence-electron chi connectivity index (χ4n) is 5.36. The minimum absolute atomic E-state index is 0.122. The highest BCUT2D eigenvalue weighted by molar-refractivity contribution is 6.02. The molecule has 0 radical (unpaired) electrons. The second kappa shape index (κ2) is 7.40. The Morgan fingerprint density at radius 3 is 2.70 bits per heavy atom. The van der Waals surface area contributed by atoms with E-state index in [2.05, 4.69) is 35.7 Å². The van der Waals surface area contributed by atoms with Gasteiger partial charge in [0, 0.05) is 23.9 Å². The Labute approximate surface area is 176 Å². The van der Waals surface area contributed by atoms with Crippen LogP contribution in [0.4, 0.5) is 5.69 Å². The van der Waals surface area contributed by atoms with Gasteiger partial charge in [-0.3, -0.25) is 9.69 Å². The van der Waals surface area contributed by atoms with E-state index in [4.69, 9.17) is 0 Å². The molecule has 154 valence electrons. The summed E-state index contributed by atoms with van der Waals surface area (Å²) in [5, 5.41) is 13.1. The first-order chi connectivity index (χ1) is 14.6. The summed E-state index contributed by atoms with van der Waals surface area (Å²) in [6, 6.07) is 13.1. The molecule has 1 aliphatic carbocycles. The Kier molecular flexibility index (Phi) is 4.70. The molecule has 2 N–H and O–H groups in total. The van der Waals surface area contributed by atoms with Gasteiger partial charge in [-0.15, -0.1) is 0 Å². The third-order valence-electron chi connectivity index (χ3n) is 6.94. The minimum Gasteiger partial charge on any atom is -0.480 e. The van der Waals surface area contributed by atoms with Crippen molar-refractivity contribution in [2.24, 2.45) is 0 Å². The van der Waals surface area contributed by atoms with Crippen molar-refractivity contribution < 1.29 is 14.7 Å². The van der Waals surface area contributed by atoms with Gasteiger partial charge in [0.05, 0.1) is 0 Å². The number of aliphatic carboxylic acids is 1. The Hall–Kier alpha value is -2.92. The molecule has 1 atom stereocenters. The molecule has 0 aromatic heterocycles. The predicted octanol–water partition coefficient (Wildman–Crippen LogP) is 3.31. The van der Waals surface area contributed by atoms with Gasteiger partial charge in [-0.2, -0.15) is 0 Å². The normalized spacial score (nSPS) is 20.9. The minimum atomic E-state index is -0.948. The number of fused-ring (bicyclic) bond motifs is 3. The Morgan fingerprint density at radius 1 is 1.10 bits per heavy atom. The van der Waals surface area contributed by atoms with Gasteiger partial charge in [-0.1, -0.05) is 48.6 Å². The van der Waals surface area contributed by atoms with E-state index in [9.17, 15) is 14.7 Å². The number of allylic oxidation sites excluding steroid dienone is 1. The van der Waals surface area contributed by atoms with Crippen LogP contribution in [-0.4, -0.2) is 36.1 Å². The van der Waals surface area contributed by atoms with Crippen molar-refractivity contribution in [1.29, 1.82) is 0 Å². The highest BCUT2D eigenvalue weighted by Crippen LogP contribution is 2.43. The molecular formula is C25H26N2O3. The lowest BCUT2D eigenvalue weighted by atomic mass is 9.74. The van der Waals surface area contributed by atoms with Crippen LogP contribution in [0.2, 0.25) is 0 Å². The number of amides is 1. The number of aryl methyl sites for hydroxylation is 1. The van der Waals surface area contributed by atoms with Gasteiger partial charge < -0.3 is 10.4 Å². The third kappa shape index (κ3) is 3.05. The van der Waals surface area contributed by atoms with Crippen LogP contribution in [0.5, 0.6) is 0 Å².